The first-order valence-corrected chi connectivity index (χ1v) is 8.84. The summed E-state index contributed by atoms with van der Waals surface area (Å²) in [5.74, 6) is -0.511. The van der Waals surface area contributed by atoms with Gasteiger partial charge in [0.25, 0.3) is 11.8 Å². The Balaban J connectivity index is 2.04. The molecule has 0 atom stereocenters. The Morgan fingerprint density at radius 1 is 1.14 bits per heavy atom. The summed E-state index contributed by atoms with van der Waals surface area (Å²) >= 11 is 0. The van der Waals surface area contributed by atoms with Gasteiger partial charge in [-0.1, -0.05) is 24.8 Å². The van der Waals surface area contributed by atoms with E-state index in [-0.39, 0.29) is 12.2 Å². The molecule has 0 saturated carbocycles. The van der Waals surface area contributed by atoms with Gasteiger partial charge < -0.3 is 9.47 Å². The Morgan fingerprint density at radius 3 is 2.62 bits per heavy atom. The van der Waals surface area contributed by atoms with Gasteiger partial charge in [-0.05, 0) is 42.8 Å². The lowest BCUT2D eigenvalue weighted by Crippen LogP contribution is -2.54. The van der Waals surface area contributed by atoms with Crippen molar-refractivity contribution in [2.24, 2.45) is 0 Å². The Labute approximate surface area is 168 Å². The average molecular weight is 392 g/mol. The lowest BCUT2D eigenvalue weighted by Gasteiger charge is -2.26. The maximum Gasteiger partial charge on any atom is 0.335 e. The average Bonchev–Trinajstić information content (AvgIpc) is 2.70. The summed E-state index contributed by atoms with van der Waals surface area (Å²) in [5.41, 5.74) is 1.56. The van der Waals surface area contributed by atoms with Crippen molar-refractivity contribution >= 4 is 29.6 Å². The van der Waals surface area contributed by atoms with Crippen LogP contribution in [0.5, 0.6) is 11.5 Å². The van der Waals surface area contributed by atoms with Crippen molar-refractivity contribution in [1.29, 1.82) is 0 Å². The first-order valence-electron chi connectivity index (χ1n) is 8.84. The molecule has 1 saturated heterocycles. The predicted octanol–water partition coefficient (Wildman–Crippen LogP) is 3.23. The van der Waals surface area contributed by atoms with Gasteiger partial charge in [0.15, 0.2) is 0 Å². The number of nitrogens with zero attached hydrogens (tertiary/aromatic N) is 1. The molecule has 0 bridgehead atoms. The second-order valence-corrected chi connectivity index (χ2v) is 6.30. The third-order valence-electron chi connectivity index (χ3n) is 4.24. The highest BCUT2D eigenvalue weighted by atomic mass is 16.5. The first kappa shape index (κ1) is 19.9. The molecule has 7 heteroatoms. The van der Waals surface area contributed by atoms with E-state index in [1.807, 2.05) is 13.0 Å². The number of carbonyl (C=O) groups is 3. The molecule has 0 spiro atoms. The van der Waals surface area contributed by atoms with Crippen LogP contribution < -0.4 is 19.7 Å². The fourth-order valence-corrected chi connectivity index (χ4v) is 2.85. The highest BCUT2D eigenvalue weighted by Crippen LogP contribution is 2.29. The minimum absolute atomic E-state index is 0.181. The number of nitrogens with one attached hydrogen (secondary N) is 1. The minimum atomic E-state index is -0.791. The van der Waals surface area contributed by atoms with E-state index in [1.54, 1.807) is 42.5 Å². The molecule has 3 rings (SSSR count). The molecular weight excluding hydrogens is 372 g/mol. The van der Waals surface area contributed by atoms with Crippen LogP contribution in [0.15, 0.2) is 60.7 Å². The molecule has 0 aliphatic carbocycles. The number of hydrogen-bond acceptors (Lipinski definition) is 5. The first-order chi connectivity index (χ1) is 13.9. The maximum absolute atomic E-state index is 13.0. The summed E-state index contributed by atoms with van der Waals surface area (Å²) < 4.78 is 10.8. The molecule has 2 aromatic rings. The van der Waals surface area contributed by atoms with Crippen molar-refractivity contribution in [3.8, 4) is 11.5 Å². The van der Waals surface area contributed by atoms with Crippen LogP contribution >= 0.6 is 0 Å². The number of benzene rings is 2. The molecule has 1 fully saturated rings. The molecule has 4 amide bonds. The van der Waals surface area contributed by atoms with Crippen molar-refractivity contribution in [1.82, 2.24) is 5.32 Å². The van der Waals surface area contributed by atoms with Gasteiger partial charge >= 0.3 is 6.03 Å². The van der Waals surface area contributed by atoms with Crippen LogP contribution in [-0.2, 0) is 9.59 Å². The van der Waals surface area contributed by atoms with Crippen LogP contribution in [0.25, 0.3) is 6.08 Å². The van der Waals surface area contributed by atoms with Gasteiger partial charge in [0.1, 0.15) is 23.7 Å². The summed E-state index contributed by atoms with van der Waals surface area (Å²) in [6.07, 6.45) is 2.97. The lowest BCUT2D eigenvalue weighted by atomic mass is 10.1. The van der Waals surface area contributed by atoms with Crippen LogP contribution in [0.2, 0.25) is 0 Å². The quantitative estimate of drug-likeness (QED) is 0.463. The number of aryl methyl sites for hydroxylation is 1. The van der Waals surface area contributed by atoms with E-state index in [4.69, 9.17) is 9.47 Å². The van der Waals surface area contributed by atoms with E-state index in [9.17, 15) is 14.4 Å². The van der Waals surface area contributed by atoms with E-state index in [0.29, 0.717) is 22.7 Å². The third-order valence-corrected chi connectivity index (χ3v) is 4.24. The molecule has 148 valence electrons. The second-order valence-electron chi connectivity index (χ2n) is 6.30. The van der Waals surface area contributed by atoms with Gasteiger partial charge in [-0.3, -0.25) is 14.9 Å². The van der Waals surface area contributed by atoms with Crippen LogP contribution in [0.1, 0.15) is 11.1 Å². The van der Waals surface area contributed by atoms with Crippen LogP contribution in [0, 0.1) is 6.92 Å². The molecule has 0 aromatic heterocycles. The number of ether oxygens (including phenoxy) is 2. The zero-order chi connectivity index (χ0) is 21.0. The largest absolute Gasteiger partial charge is 0.497 e. The monoisotopic (exact) mass is 392 g/mol. The van der Waals surface area contributed by atoms with Gasteiger partial charge in [0.05, 0.1) is 12.8 Å². The minimum Gasteiger partial charge on any atom is -0.497 e. The molecule has 2 aromatic carbocycles. The van der Waals surface area contributed by atoms with Crippen molar-refractivity contribution in [2.75, 3.05) is 18.6 Å². The van der Waals surface area contributed by atoms with Crippen molar-refractivity contribution in [2.45, 2.75) is 6.92 Å². The predicted molar refractivity (Wildman–Crippen MR) is 109 cm³/mol. The molecule has 1 heterocycles. The molecule has 1 aliphatic rings. The smallest absolute Gasteiger partial charge is 0.335 e. The third kappa shape index (κ3) is 4.19. The number of amides is 4. The highest BCUT2D eigenvalue weighted by molar-refractivity contribution is 6.39. The summed E-state index contributed by atoms with van der Waals surface area (Å²) in [6, 6.07) is 11.1. The van der Waals surface area contributed by atoms with E-state index in [1.165, 1.54) is 13.2 Å². The van der Waals surface area contributed by atoms with E-state index in [2.05, 4.69) is 11.9 Å². The number of anilines is 1. The summed E-state index contributed by atoms with van der Waals surface area (Å²) in [5, 5.41) is 2.21. The van der Waals surface area contributed by atoms with E-state index >= 15 is 0 Å². The topological polar surface area (TPSA) is 84.9 Å². The number of carbonyl (C=O) groups excluding carboxylic acids is 3. The molecule has 7 nitrogen and oxygen atoms in total. The normalized spacial score (nSPS) is 15.3. The van der Waals surface area contributed by atoms with E-state index < -0.39 is 17.8 Å². The van der Waals surface area contributed by atoms with Crippen LogP contribution in [0.3, 0.4) is 0 Å². The molecule has 0 unspecified atom stereocenters. The van der Waals surface area contributed by atoms with Gasteiger partial charge in [0, 0.05) is 11.6 Å². The van der Waals surface area contributed by atoms with E-state index in [0.717, 1.165) is 10.5 Å². The maximum atomic E-state index is 13.0. The number of methoxy groups -OCH3 is 1. The summed E-state index contributed by atoms with van der Waals surface area (Å²) in [7, 11) is 1.52. The Morgan fingerprint density at radius 2 is 1.93 bits per heavy atom. The van der Waals surface area contributed by atoms with Crippen molar-refractivity contribution in [3.63, 3.8) is 0 Å². The molecule has 0 radical (unpaired) electrons. The fourth-order valence-electron chi connectivity index (χ4n) is 2.85. The number of urea groups is 1. The number of hydrogen-bond donors (Lipinski definition) is 1. The summed E-state index contributed by atoms with van der Waals surface area (Å²) in [6.45, 7) is 5.69. The van der Waals surface area contributed by atoms with Gasteiger partial charge in [-0.2, -0.15) is 0 Å². The number of rotatable bonds is 6. The zero-order valence-electron chi connectivity index (χ0n) is 16.1. The summed E-state index contributed by atoms with van der Waals surface area (Å²) in [4.78, 5) is 38.6. The standard InChI is InChI=1S/C22H20N2O5/c1-4-10-29-19-13-17(28-3)9-8-15(19)12-18-20(25)23-22(27)24(21(18)26)16-7-5-6-14(2)11-16/h4-9,11-13H,1,10H2,2-3H3,(H,23,25,27)/b18-12+. The molecular formula is C22H20N2O5. The van der Waals surface area contributed by atoms with Crippen molar-refractivity contribution < 1.29 is 23.9 Å². The second kappa shape index (κ2) is 8.43. The van der Waals surface area contributed by atoms with Crippen LogP contribution in [-0.4, -0.2) is 31.6 Å². The highest BCUT2D eigenvalue weighted by Gasteiger charge is 2.37. The van der Waals surface area contributed by atoms with Gasteiger partial charge in [-0.15, -0.1) is 0 Å². The fraction of sp³-hybridized carbons (Fsp3) is 0.136. The molecule has 1 aliphatic heterocycles. The van der Waals surface area contributed by atoms with Crippen LogP contribution in [0.4, 0.5) is 10.5 Å². The Hall–Kier alpha value is -3.87. The zero-order valence-corrected chi connectivity index (χ0v) is 16.1. The number of barbiturate groups is 1. The van der Waals surface area contributed by atoms with Gasteiger partial charge in [-0.25, -0.2) is 9.69 Å². The molecule has 29 heavy (non-hydrogen) atoms. The Kier molecular flexibility index (Phi) is 5.78. The van der Waals surface area contributed by atoms with Gasteiger partial charge in [0.2, 0.25) is 0 Å². The SMILES string of the molecule is C=CCOc1cc(OC)ccc1/C=C1\C(=O)NC(=O)N(c2cccc(C)c2)C1=O. The van der Waals surface area contributed by atoms with Crippen molar-refractivity contribution in [3.05, 3.63) is 71.8 Å². The lowest BCUT2D eigenvalue weighted by molar-refractivity contribution is -0.122. The Bertz CT molecular complexity index is 1030. The number of imide groups is 2. The molecule has 1 N–H and O–H groups in total.